The third kappa shape index (κ3) is 4.30. The van der Waals surface area contributed by atoms with E-state index in [9.17, 15) is 9.18 Å². The molecule has 28 heavy (non-hydrogen) atoms. The summed E-state index contributed by atoms with van der Waals surface area (Å²) in [6, 6.07) is 5.02. The van der Waals surface area contributed by atoms with E-state index in [0.717, 1.165) is 50.5 Å². The number of thioether (sulfide) groups is 1. The van der Waals surface area contributed by atoms with Crippen molar-refractivity contribution in [1.82, 2.24) is 10.2 Å². The molecule has 3 aliphatic rings. The summed E-state index contributed by atoms with van der Waals surface area (Å²) >= 11 is 7.23. The van der Waals surface area contributed by atoms with E-state index in [1.54, 1.807) is 12.1 Å². The molecule has 0 spiro atoms. The predicted octanol–water partition coefficient (Wildman–Crippen LogP) is 2.67. The zero-order valence-corrected chi connectivity index (χ0v) is 17.4. The summed E-state index contributed by atoms with van der Waals surface area (Å²) in [4.78, 5) is 17.9. The van der Waals surface area contributed by atoms with Crippen LogP contribution in [0.25, 0.3) is 0 Å². The molecule has 1 N–H and O–H groups in total. The van der Waals surface area contributed by atoms with Crippen molar-refractivity contribution in [3.05, 3.63) is 24.0 Å². The number of anilines is 2. The Bertz CT molecular complexity index is 739. The highest BCUT2D eigenvalue weighted by Crippen LogP contribution is 2.29. The maximum atomic E-state index is 14.8. The van der Waals surface area contributed by atoms with E-state index < -0.39 is 6.09 Å². The summed E-state index contributed by atoms with van der Waals surface area (Å²) in [5.41, 5.74) is 1.14. The molecule has 0 aliphatic carbocycles. The van der Waals surface area contributed by atoms with Crippen LogP contribution in [0.4, 0.5) is 20.6 Å². The average Bonchev–Trinajstić information content (AvgIpc) is 2.82. The first-order valence-electron chi connectivity index (χ1n) is 9.75. The number of ether oxygens (including phenoxy) is 1. The third-order valence-corrected chi connectivity index (χ3v) is 6.76. The zero-order valence-electron chi connectivity index (χ0n) is 15.7. The van der Waals surface area contributed by atoms with E-state index in [2.05, 4.69) is 15.1 Å². The normalized spacial score (nSPS) is 22.5. The molecular weight excluding hydrogens is 399 g/mol. The molecule has 3 heterocycles. The lowest BCUT2D eigenvalue weighted by molar-refractivity contribution is 0.142. The van der Waals surface area contributed by atoms with Gasteiger partial charge in [-0.1, -0.05) is 0 Å². The standard InChI is InChI=1S/C19H25FN4O2S2/c20-16-11-14(3-4-17(16)22-7-2-9-28-10-8-22)24-13-15(26-19(24)25)12-21-18(27)23-5-1-6-23/h3-4,11,15H,1-2,5-10,12-13H2,(H,21,27). The number of halogens is 1. The first-order chi connectivity index (χ1) is 13.6. The van der Waals surface area contributed by atoms with Gasteiger partial charge < -0.3 is 19.9 Å². The molecule has 1 aromatic rings. The molecule has 152 valence electrons. The van der Waals surface area contributed by atoms with Gasteiger partial charge in [0, 0.05) is 31.9 Å². The van der Waals surface area contributed by atoms with Crippen LogP contribution in [0.15, 0.2) is 18.2 Å². The molecule has 9 heteroatoms. The van der Waals surface area contributed by atoms with Crippen LogP contribution in [0, 0.1) is 5.82 Å². The van der Waals surface area contributed by atoms with E-state index in [0.29, 0.717) is 29.6 Å². The summed E-state index contributed by atoms with van der Waals surface area (Å²) in [5, 5.41) is 3.86. The summed E-state index contributed by atoms with van der Waals surface area (Å²) in [7, 11) is 0. The van der Waals surface area contributed by atoms with Crippen molar-refractivity contribution in [2.75, 3.05) is 60.6 Å². The largest absolute Gasteiger partial charge is 0.442 e. The van der Waals surface area contributed by atoms with E-state index in [1.807, 2.05) is 11.8 Å². The van der Waals surface area contributed by atoms with Gasteiger partial charge in [-0.05, 0) is 49.0 Å². The Morgan fingerprint density at radius 3 is 2.86 bits per heavy atom. The molecule has 0 saturated carbocycles. The van der Waals surface area contributed by atoms with Gasteiger partial charge in [0.2, 0.25) is 0 Å². The molecule has 3 aliphatic heterocycles. The molecule has 4 rings (SSSR count). The van der Waals surface area contributed by atoms with Gasteiger partial charge in [-0.15, -0.1) is 0 Å². The monoisotopic (exact) mass is 424 g/mol. The van der Waals surface area contributed by atoms with E-state index in [1.165, 1.54) is 11.0 Å². The van der Waals surface area contributed by atoms with Crippen LogP contribution < -0.4 is 15.1 Å². The molecule has 0 aromatic heterocycles. The fraction of sp³-hybridized carbons (Fsp3) is 0.579. The Labute approximate surface area is 174 Å². The SMILES string of the molecule is O=C1OC(CNC(=S)N2CCC2)CN1c1ccc(N2CCCSCC2)c(F)c1. The molecule has 1 unspecified atom stereocenters. The maximum Gasteiger partial charge on any atom is 0.414 e. The van der Waals surface area contributed by atoms with Crippen LogP contribution in [0.5, 0.6) is 0 Å². The lowest BCUT2D eigenvalue weighted by Gasteiger charge is -2.33. The molecule has 0 radical (unpaired) electrons. The minimum atomic E-state index is -0.444. The lowest BCUT2D eigenvalue weighted by Crippen LogP contribution is -2.49. The number of thiocarbonyl (C=S) groups is 1. The molecule has 1 aromatic carbocycles. The third-order valence-electron chi connectivity index (χ3n) is 5.30. The highest BCUT2D eigenvalue weighted by Gasteiger charge is 2.33. The number of nitrogens with zero attached hydrogens (tertiary/aromatic N) is 3. The smallest absolute Gasteiger partial charge is 0.414 e. The number of carbonyl (C=O) groups is 1. The lowest BCUT2D eigenvalue weighted by atomic mass is 10.2. The molecule has 1 amide bonds. The predicted molar refractivity (Wildman–Crippen MR) is 115 cm³/mol. The second-order valence-corrected chi connectivity index (χ2v) is 8.84. The van der Waals surface area contributed by atoms with Gasteiger partial charge in [-0.2, -0.15) is 11.8 Å². The number of carbonyl (C=O) groups excluding carboxylic acids is 1. The van der Waals surface area contributed by atoms with Crippen LogP contribution in [0.3, 0.4) is 0 Å². The Morgan fingerprint density at radius 2 is 2.11 bits per heavy atom. The second-order valence-electron chi connectivity index (χ2n) is 7.23. The summed E-state index contributed by atoms with van der Waals surface area (Å²) in [6.45, 7) is 4.50. The summed E-state index contributed by atoms with van der Waals surface area (Å²) < 4.78 is 20.2. The summed E-state index contributed by atoms with van der Waals surface area (Å²) in [6.07, 6.45) is 1.46. The average molecular weight is 425 g/mol. The zero-order chi connectivity index (χ0) is 19.5. The number of likely N-dealkylation sites (tertiary alicyclic amines) is 1. The number of benzene rings is 1. The minimum absolute atomic E-state index is 0.294. The number of cyclic esters (lactones) is 1. The van der Waals surface area contributed by atoms with Crippen molar-refractivity contribution in [3.63, 3.8) is 0 Å². The van der Waals surface area contributed by atoms with Crippen LogP contribution >= 0.6 is 24.0 Å². The van der Waals surface area contributed by atoms with Crippen molar-refractivity contribution < 1.29 is 13.9 Å². The highest BCUT2D eigenvalue weighted by molar-refractivity contribution is 7.99. The number of rotatable bonds is 4. The molecule has 3 saturated heterocycles. The topological polar surface area (TPSA) is 48.1 Å². The van der Waals surface area contributed by atoms with Crippen molar-refractivity contribution in [3.8, 4) is 0 Å². The molecule has 1 atom stereocenters. The minimum Gasteiger partial charge on any atom is -0.442 e. The molecule has 6 nitrogen and oxygen atoms in total. The van der Waals surface area contributed by atoms with Gasteiger partial charge in [-0.3, -0.25) is 4.90 Å². The Hall–Kier alpha value is -1.74. The summed E-state index contributed by atoms with van der Waals surface area (Å²) in [5.74, 6) is 1.83. The van der Waals surface area contributed by atoms with Crippen molar-refractivity contribution >= 4 is 46.6 Å². The molecule has 3 fully saturated rings. The Morgan fingerprint density at radius 1 is 1.25 bits per heavy atom. The first-order valence-corrected chi connectivity index (χ1v) is 11.3. The fourth-order valence-electron chi connectivity index (χ4n) is 3.58. The van der Waals surface area contributed by atoms with Gasteiger partial charge in [-0.25, -0.2) is 9.18 Å². The number of hydrogen-bond acceptors (Lipinski definition) is 5. The van der Waals surface area contributed by atoms with Crippen LogP contribution in [-0.2, 0) is 4.74 Å². The molecule has 0 bridgehead atoms. The van der Waals surface area contributed by atoms with Crippen LogP contribution in [0.2, 0.25) is 0 Å². The van der Waals surface area contributed by atoms with Gasteiger partial charge in [0.15, 0.2) is 5.11 Å². The number of nitrogens with one attached hydrogen (secondary N) is 1. The van der Waals surface area contributed by atoms with Gasteiger partial charge in [0.05, 0.1) is 24.5 Å². The van der Waals surface area contributed by atoms with Gasteiger partial charge in [0.1, 0.15) is 11.9 Å². The van der Waals surface area contributed by atoms with Crippen molar-refractivity contribution in [2.45, 2.75) is 18.9 Å². The number of hydrogen-bond donors (Lipinski definition) is 1. The van der Waals surface area contributed by atoms with Crippen LogP contribution in [0.1, 0.15) is 12.8 Å². The van der Waals surface area contributed by atoms with E-state index in [-0.39, 0.29) is 11.9 Å². The van der Waals surface area contributed by atoms with Crippen molar-refractivity contribution in [2.24, 2.45) is 0 Å². The quantitative estimate of drug-likeness (QED) is 0.746. The van der Waals surface area contributed by atoms with Crippen molar-refractivity contribution in [1.29, 1.82) is 0 Å². The maximum absolute atomic E-state index is 14.8. The fourth-order valence-corrected chi connectivity index (χ4v) is 4.73. The van der Waals surface area contributed by atoms with Gasteiger partial charge in [0.25, 0.3) is 0 Å². The highest BCUT2D eigenvalue weighted by atomic mass is 32.2. The van der Waals surface area contributed by atoms with Gasteiger partial charge >= 0.3 is 6.09 Å². The second kappa shape index (κ2) is 8.73. The van der Waals surface area contributed by atoms with E-state index in [4.69, 9.17) is 17.0 Å². The molecular formula is C19H25FN4O2S2. The Balaban J connectivity index is 1.37. The van der Waals surface area contributed by atoms with E-state index >= 15 is 0 Å². The van der Waals surface area contributed by atoms with Crippen LogP contribution in [-0.4, -0.2) is 73.0 Å². The Kier molecular flexibility index (Phi) is 6.10. The first kappa shape index (κ1) is 19.6. The number of amides is 1.